The van der Waals surface area contributed by atoms with Crippen molar-refractivity contribution >= 4 is 38.9 Å². The largest absolute Gasteiger partial charge is 0.396 e. The fourth-order valence-corrected chi connectivity index (χ4v) is 3.20. The molecule has 0 amide bonds. The van der Waals surface area contributed by atoms with E-state index in [0.29, 0.717) is 5.82 Å². The second-order valence-electron chi connectivity index (χ2n) is 3.93. The highest BCUT2D eigenvalue weighted by Gasteiger charge is 2.21. The van der Waals surface area contributed by atoms with E-state index in [1.165, 1.54) is 23.1 Å². The van der Waals surface area contributed by atoms with E-state index in [1.807, 2.05) is 0 Å². The third-order valence-corrected chi connectivity index (χ3v) is 4.74. The molecule has 1 heterocycles. The Kier molecular flexibility index (Phi) is 4.19. The summed E-state index contributed by atoms with van der Waals surface area (Å²) in [6.45, 7) is -0.0535. The number of nitrogens with zero attached hydrogens (tertiary/aromatic N) is 3. The van der Waals surface area contributed by atoms with Gasteiger partial charge in [0.05, 0.1) is 22.3 Å². The van der Waals surface area contributed by atoms with E-state index in [9.17, 15) is 8.42 Å². The molecule has 0 fully saturated rings. The minimum Gasteiger partial charge on any atom is -0.396 e. The maximum Gasteiger partial charge on any atom is 0.242 e. The van der Waals surface area contributed by atoms with Crippen molar-refractivity contribution in [1.29, 1.82) is 0 Å². The lowest BCUT2D eigenvalue weighted by Gasteiger charge is -2.09. The van der Waals surface area contributed by atoms with Crippen molar-refractivity contribution in [3.8, 4) is 0 Å². The van der Waals surface area contributed by atoms with Crippen LogP contribution in [0.15, 0.2) is 23.4 Å². The Bertz CT molecular complexity index is 744. The van der Waals surface area contributed by atoms with Crippen LogP contribution >= 0.6 is 23.2 Å². The Balaban J connectivity index is 2.25. The average molecular weight is 336 g/mol. The number of nitrogen functional groups attached to an aromatic ring is 1. The zero-order valence-electron chi connectivity index (χ0n) is 10.3. The van der Waals surface area contributed by atoms with Crippen molar-refractivity contribution in [3.63, 3.8) is 0 Å². The van der Waals surface area contributed by atoms with E-state index in [0.717, 1.165) is 0 Å². The van der Waals surface area contributed by atoms with Crippen molar-refractivity contribution in [1.82, 2.24) is 19.5 Å². The number of anilines is 1. The van der Waals surface area contributed by atoms with Crippen LogP contribution in [-0.2, 0) is 23.6 Å². The highest BCUT2D eigenvalue weighted by Crippen LogP contribution is 2.32. The number of hydrogen-bond acceptors (Lipinski definition) is 5. The third kappa shape index (κ3) is 3.04. The molecule has 0 radical (unpaired) electrons. The Hall–Kier alpha value is -1.35. The number of halogens is 2. The number of nitrogens with one attached hydrogen (secondary N) is 1. The van der Waals surface area contributed by atoms with Gasteiger partial charge in [-0.15, -0.1) is 0 Å². The molecule has 0 spiro atoms. The van der Waals surface area contributed by atoms with E-state index < -0.39 is 10.0 Å². The van der Waals surface area contributed by atoms with Gasteiger partial charge in [0.1, 0.15) is 11.2 Å². The molecule has 0 unspecified atom stereocenters. The van der Waals surface area contributed by atoms with Crippen LogP contribution in [0.1, 0.15) is 5.82 Å². The zero-order valence-corrected chi connectivity index (χ0v) is 12.7. The molecule has 0 aliphatic rings. The number of nitrogens with two attached hydrogens (primary N) is 1. The molecular formula is C10H11Cl2N5O2S. The van der Waals surface area contributed by atoms with Crippen LogP contribution < -0.4 is 10.5 Å². The van der Waals surface area contributed by atoms with Gasteiger partial charge in [0.15, 0.2) is 5.82 Å². The van der Waals surface area contributed by atoms with Gasteiger partial charge in [-0.25, -0.2) is 18.1 Å². The summed E-state index contributed by atoms with van der Waals surface area (Å²) in [4.78, 5) is 3.77. The molecular weight excluding hydrogens is 325 g/mol. The van der Waals surface area contributed by atoms with Gasteiger partial charge in [-0.05, 0) is 12.1 Å². The lowest BCUT2D eigenvalue weighted by molar-refractivity contribution is 0.578. The van der Waals surface area contributed by atoms with Crippen molar-refractivity contribution in [2.75, 3.05) is 5.73 Å². The minimum absolute atomic E-state index is 0.0205. The highest BCUT2D eigenvalue weighted by molar-refractivity contribution is 7.89. The quantitative estimate of drug-likeness (QED) is 0.816. The fraction of sp³-hybridized carbons (Fsp3) is 0.200. The lowest BCUT2D eigenvalue weighted by atomic mass is 10.3. The molecule has 0 aliphatic carbocycles. The summed E-state index contributed by atoms with van der Waals surface area (Å²) in [6, 6.07) is 2.66. The third-order valence-electron chi connectivity index (χ3n) is 2.45. The van der Waals surface area contributed by atoms with Gasteiger partial charge < -0.3 is 5.73 Å². The molecule has 0 atom stereocenters. The Morgan fingerprint density at radius 2 is 2.10 bits per heavy atom. The normalized spacial score (nSPS) is 11.8. The molecule has 3 N–H and O–H groups in total. The molecule has 2 aromatic rings. The van der Waals surface area contributed by atoms with Crippen LogP contribution in [0.25, 0.3) is 0 Å². The van der Waals surface area contributed by atoms with Gasteiger partial charge in [0, 0.05) is 7.05 Å². The maximum atomic E-state index is 12.1. The highest BCUT2D eigenvalue weighted by atomic mass is 35.5. The number of sulfonamides is 1. The van der Waals surface area contributed by atoms with Crippen molar-refractivity contribution in [2.24, 2.45) is 7.05 Å². The summed E-state index contributed by atoms with van der Waals surface area (Å²) in [6.07, 6.45) is 1.47. The number of benzene rings is 1. The van der Waals surface area contributed by atoms with E-state index >= 15 is 0 Å². The molecule has 10 heteroatoms. The van der Waals surface area contributed by atoms with Crippen LogP contribution in [-0.4, -0.2) is 23.2 Å². The first-order valence-corrected chi connectivity index (χ1v) is 7.63. The summed E-state index contributed by atoms with van der Waals surface area (Å²) < 4.78 is 28.1. The topological polar surface area (TPSA) is 103 Å². The Morgan fingerprint density at radius 3 is 2.70 bits per heavy atom. The first-order chi connectivity index (χ1) is 9.31. The Morgan fingerprint density at radius 1 is 1.40 bits per heavy atom. The number of aromatic nitrogens is 3. The molecule has 0 aliphatic heterocycles. The molecule has 108 valence electrons. The fourth-order valence-electron chi connectivity index (χ4n) is 1.46. The minimum atomic E-state index is -3.83. The maximum absolute atomic E-state index is 12.1. The van der Waals surface area contributed by atoms with Gasteiger partial charge in [-0.2, -0.15) is 5.10 Å². The average Bonchev–Trinajstić information content (AvgIpc) is 2.79. The molecule has 7 nitrogen and oxygen atoms in total. The van der Waals surface area contributed by atoms with Crippen molar-refractivity contribution in [2.45, 2.75) is 11.4 Å². The first kappa shape index (κ1) is 15.0. The lowest BCUT2D eigenvalue weighted by Crippen LogP contribution is -2.24. The van der Waals surface area contributed by atoms with Crippen LogP contribution in [0.2, 0.25) is 10.0 Å². The monoisotopic (exact) mass is 335 g/mol. The van der Waals surface area contributed by atoms with Crippen molar-refractivity contribution in [3.05, 3.63) is 34.3 Å². The van der Waals surface area contributed by atoms with Gasteiger partial charge in [0.25, 0.3) is 0 Å². The van der Waals surface area contributed by atoms with E-state index in [4.69, 9.17) is 28.9 Å². The summed E-state index contributed by atoms with van der Waals surface area (Å²) in [7, 11) is -2.15. The second-order valence-corrected chi connectivity index (χ2v) is 6.45. The van der Waals surface area contributed by atoms with E-state index in [-0.39, 0.29) is 27.2 Å². The molecule has 0 saturated heterocycles. The molecule has 2 rings (SSSR count). The standard InChI is InChI=1S/C10H11Cl2N5O2S/c1-17-5-14-8(16-17)4-15-20(18,19)7-3-2-6(11)10(13)9(7)12/h2-3,5,15H,4,13H2,1H3. The van der Waals surface area contributed by atoms with Gasteiger partial charge in [-0.1, -0.05) is 23.2 Å². The second kappa shape index (κ2) is 5.57. The first-order valence-electron chi connectivity index (χ1n) is 5.39. The van der Waals surface area contributed by atoms with Gasteiger partial charge >= 0.3 is 0 Å². The van der Waals surface area contributed by atoms with Crippen LogP contribution in [0.5, 0.6) is 0 Å². The van der Waals surface area contributed by atoms with E-state index in [1.54, 1.807) is 7.05 Å². The van der Waals surface area contributed by atoms with Crippen LogP contribution in [0.3, 0.4) is 0 Å². The molecule has 0 saturated carbocycles. The number of hydrogen-bond donors (Lipinski definition) is 2. The smallest absolute Gasteiger partial charge is 0.242 e. The number of rotatable bonds is 4. The SMILES string of the molecule is Cn1cnc(CNS(=O)(=O)c2ccc(Cl)c(N)c2Cl)n1. The Labute approximate surface area is 125 Å². The molecule has 0 bridgehead atoms. The summed E-state index contributed by atoms with van der Waals surface area (Å²) in [5.74, 6) is 0.342. The van der Waals surface area contributed by atoms with Crippen LogP contribution in [0.4, 0.5) is 5.69 Å². The molecule has 20 heavy (non-hydrogen) atoms. The van der Waals surface area contributed by atoms with Crippen molar-refractivity contribution < 1.29 is 8.42 Å². The predicted octanol–water partition coefficient (Wildman–Crippen LogP) is 1.18. The summed E-state index contributed by atoms with van der Waals surface area (Å²) >= 11 is 11.7. The molecule has 1 aromatic heterocycles. The van der Waals surface area contributed by atoms with Gasteiger partial charge in [-0.3, -0.25) is 4.68 Å². The summed E-state index contributed by atoms with van der Waals surface area (Å²) in [5, 5.41) is 4.04. The predicted molar refractivity (Wildman–Crippen MR) is 75.9 cm³/mol. The summed E-state index contributed by atoms with van der Waals surface area (Å²) in [5.41, 5.74) is 5.63. The molecule has 1 aromatic carbocycles. The van der Waals surface area contributed by atoms with Crippen LogP contribution in [0, 0.1) is 0 Å². The number of aryl methyl sites for hydroxylation is 1. The van der Waals surface area contributed by atoms with E-state index in [2.05, 4.69) is 14.8 Å². The zero-order chi connectivity index (χ0) is 14.9. The van der Waals surface area contributed by atoms with Gasteiger partial charge in [0.2, 0.25) is 10.0 Å².